The first-order valence-electron chi connectivity index (χ1n) is 7.13. The van der Waals surface area contributed by atoms with Crippen LogP contribution in [0.1, 0.15) is 59.8 Å². The minimum absolute atomic E-state index is 0.736. The molecule has 0 radical (unpaired) electrons. The monoisotopic (exact) mass is 228 g/mol. The minimum atomic E-state index is 0.736. The van der Waals surface area contributed by atoms with E-state index < -0.39 is 0 Å². The van der Waals surface area contributed by atoms with Crippen molar-refractivity contribution >= 4 is 0 Å². The minimum Gasteiger partial charge on any atom is -0.330 e. The highest BCUT2D eigenvalue weighted by Crippen LogP contribution is 2.15. The van der Waals surface area contributed by atoms with E-state index in [4.69, 9.17) is 5.73 Å². The molecule has 2 atom stereocenters. The zero-order valence-corrected chi connectivity index (χ0v) is 11.8. The van der Waals surface area contributed by atoms with Crippen LogP contribution >= 0.6 is 0 Å². The molecule has 0 rings (SSSR count). The molecule has 0 saturated carbocycles. The van der Waals surface area contributed by atoms with Gasteiger partial charge in [-0.15, -0.1) is 0 Å². The molecular weight excluding hydrogens is 196 g/mol. The van der Waals surface area contributed by atoms with Gasteiger partial charge >= 0.3 is 0 Å². The first-order valence-corrected chi connectivity index (χ1v) is 7.13. The van der Waals surface area contributed by atoms with Crippen LogP contribution in [-0.2, 0) is 0 Å². The van der Waals surface area contributed by atoms with Crippen molar-refractivity contribution in [1.82, 2.24) is 4.90 Å². The van der Waals surface area contributed by atoms with Crippen LogP contribution in [0.5, 0.6) is 0 Å². The fourth-order valence-corrected chi connectivity index (χ4v) is 2.32. The van der Waals surface area contributed by atoms with E-state index in [1.54, 1.807) is 0 Å². The van der Waals surface area contributed by atoms with Crippen LogP contribution in [0.2, 0.25) is 0 Å². The molecule has 2 heteroatoms. The molecule has 0 bridgehead atoms. The first-order chi connectivity index (χ1) is 7.69. The Morgan fingerprint density at radius 3 is 2.19 bits per heavy atom. The van der Waals surface area contributed by atoms with Crippen molar-refractivity contribution in [2.24, 2.45) is 11.7 Å². The Balaban J connectivity index is 3.75. The van der Waals surface area contributed by atoms with Crippen molar-refractivity contribution in [3.63, 3.8) is 0 Å². The fourth-order valence-electron chi connectivity index (χ4n) is 2.32. The normalized spacial score (nSPS) is 15.4. The molecule has 0 amide bonds. The van der Waals surface area contributed by atoms with Crippen molar-refractivity contribution in [1.29, 1.82) is 0 Å². The van der Waals surface area contributed by atoms with Gasteiger partial charge < -0.3 is 10.6 Å². The van der Waals surface area contributed by atoms with Crippen LogP contribution in [-0.4, -0.2) is 30.6 Å². The van der Waals surface area contributed by atoms with E-state index in [1.807, 2.05) is 0 Å². The molecule has 0 aromatic carbocycles. The Labute approximate surface area is 103 Å². The number of hydrogen-bond donors (Lipinski definition) is 1. The summed E-state index contributed by atoms with van der Waals surface area (Å²) in [5.41, 5.74) is 5.62. The Morgan fingerprint density at radius 2 is 1.75 bits per heavy atom. The molecule has 0 aliphatic carbocycles. The molecule has 0 heterocycles. The van der Waals surface area contributed by atoms with Crippen LogP contribution in [0, 0.1) is 5.92 Å². The molecule has 0 aliphatic rings. The predicted octanol–water partition coefficient (Wildman–Crippen LogP) is 3.26. The summed E-state index contributed by atoms with van der Waals surface area (Å²) < 4.78 is 0. The van der Waals surface area contributed by atoms with Crippen molar-refractivity contribution in [2.45, 2.75) is 65.8 Å². The van der Waals surface area contributed by atoms with Gasteiger partial charge in [0.15, 0.2) is 0 Å². The first kappa shape index (κ1) is 15.9. The van der Waals surface area contributed by atoms with Gasteiger partial charge in [0.25, 0.3) is 0 Å². The van der Waals surface area contributed by atoms with E-state index in [0.29, 0.717) is 0 Å². The molecule has 0 aliphatic heterocycles. The molecule has 0 aromatic rings. The third-order valence-corrected chi connectivity index (χ3v) is 3.83. The second kappa shape index (κ2) is 10.1. The molecule has 2 N–H and O–H groups in total. The topological polar surface area (TPSA) is 29.3 Å². The maximum absolute atomic E-state index is 5.62. The lowest BCUT2D eigenvalue weighted by molar-refractivity contribution is 0.205. The summed E-state index contributed by atoms with van der Waals surface area (Å²) in [6.07, 6.45) is 6.42. The Bertz CT molecular complexity index is 148. The second-order valence-corrected chi connectivity index (χ2v) is 4.88. The third-order valence-electron chi connectivity index (χ3n) is 3.83. The van der Waals surface area contributed by atoms with Gasteiger partial charge in [-0.3, -0.25) is 0 Å². The van der Waals surface area contributed by atoms with Gasteiger partial charge in [-0.2, -0.15) is 0 Å². The summed E-state index contributed by atoms with van der Waals surface area (Å²) >= 11 is 0. The lowest BCUT2D eigenvalue weighted by Crippen LogP contribution is -2.33. The summed E-state index contributed by atoms with van der Waals surface area (Å²) in [6.45, 7) is 12.4. The highest BCUT2D eigenvalue weighted by atomic mass is 15.1. The van der Waals surface area contributed by atoms with E-state index >= 15 is 0 Å². The lowest BCUT2D eigenvalue weighted by atomic mass is 9.96. The number of nitrogens with two attached hydrogens (primary N) is 1. The van der Waals surface area contributed by atoms with Crippen LogP contribution in [0.4, 0.5) is 0 Å². The maximum Gasteiger partial charge on any atom is 0.00641 e. The second-order valence-electron chi connectivity index (χ2n) is 4.88. The lowest BCUT2D eigenvalue weighted by Gasteiger charge is -2.27. The van der Waals surface area contributed by atoms with E-state index in [-0.39, 0.29) is 0 Å². The average molecular weight is 228 g/mol. The number of rotatable bonds is 10. The highest BCUT2D eigenvalue weighted by Gasteiger charge is 2.11. The number of nitrogens with zero attached hydrogens (tertiary/aromatic N) is 1. The molecule has 0 fully saturated rings. The molecule has 2 nitrogen and oxygen atoms in total. The van der Waals surface area contributed by atoms with Crippen molar-refractivity contribution in [3.8, 4) is 0 Å². The van der Waals surface area contributed by atoms with Crippen LogP contribution < -0.4 is 5.73 Å². The molecule has 0 saturated heterocycles. The van der Waals surface area contributed by atoms with E-state index in [0.717, 1.165) is 18.5 Å². The van der Waals surface area contributed by atoms with Gasteiger partial charge in [-0.05, 0) is 58.2 Å². The van der Waals surface area contributed by atoms with Crippen LogP contribution in [0.25, 0.3) is 0 Å². The van der Waals surface area contributed by atoms with Crippen molar-refractivity contribution in [2.75, 3.05) is 19.6 Å². The van der Waals surface area contributed by atoms with Crippen LogP contribution in [0.3, 0.4) is 0 Å². The standard InChI is InChI=1S/C14H32N2/c1-5-13(4)16(7-3)12-8-9-14(6-2)10-11-15/h13-14H,5-12,15H2,1-4H3. The van der Waals surface area contributed by atoms with Gasteiger partial charge in [0, 0.05) is 6.04 Å². The Morgan fingerprint density at radius 1 is 1.06 bits per heavy atom. The average Bonchev–Trinajstić information content (AvgIpc) is 2.32. The van der Waals surface area contributed by atoms with Crippen molar-refractivity contribution in [3.05, 3.63) is 0 Å². The third kappa shape index (κ3) is 6.49. The fraction of sp³-hybridized carbons (Fsp3) is 1.00. The van der Waals surface area contributed by atoms with Gasteiger partial charge in [-0.1, -0.05) is 27.2 Å². The Hall–Kier alpha value is -0.0800. The summed E-state index contributed by atoms with van der Waals surface area (Å²) in [7, 11) is 0. The molecule has 16 heavy (non-hydrogen) atoms. The van der Waals surface area contributed by atoms with Gasteiger partial charge in [0.05, 0.1) is 0 Å². The summed E-state index contributed by atoms with van der Waals surface area (Å²) in [5.74, 6) is 0.848. The largest absolute Gasteiger partial charge is 0.330 e. The Kier molecular flexibility index (Phi) is 10.0. The zero-order valence-electron chi connectivity index (χ0n) is 11.8. The SMILES string of the molecule is CCC(CCN)CCCN(CC)C(C)CC. The van der Waals surface area contributed by atoms with Gasteiger partial charge in [0.1, 0.15) is 0 Å². The van der Waals surface area contributed by atoms with E-state index in [9.17, 15) is 0 Å². The van der Waals surface area contributed by atoms with E-state index in [2.05, 4.69) is 32.6 Å². The quantitative estimate of drug-likeness (QED) is 0.622. The highest BCUT2D eigenvalue weighted by molar-refractivity contribution is 4.66. The summed E-state index contributed by atoms with van der Waals surface area (Å²) in [5, 5.41) is 0. The zero-order chi connectivity index (χ0) is 12.4. The molecular formula is C14H32N2. The maximum atomic E-state index is 5.62. The van der Waals surface area contributed by atoms with Gasteiger partial charge in [0.2, 0.25) is 0 Å². The summed E-state index contributed by atoms with van der Waals surface area (Å²) in [6, 6.07) is 0.736. The van der Waals surface area contributed by atoms with Gasteiger partial charge in [-0.25, -0.2) is 0 Å². The van der Waals surface area contributed by atoms with Crippen molar-refractivity contribution < 1.29 is 0 Å². The predicted molar refractivity (Wildman–Crippen MR) is 73.7 cm³/mol. The summed E-state index contributed by atoms with van der Waals surface area (Å²) in [4.78, 5) is 2.59. The molecule has 0 spiro atoms. The molecule has 98 valence electrons. The molecule has 0 aromatic heterocycles. The smallest absolute Gasteiger partial charge is 0.00641 e. The molecule has 2 unspecified atom stereocenters. The number of hydrogen-bond acceptors (Lipinski definition) is 2. The van der Waals surface area contributed by atoms with Crippen LogP contribution in [0.15, 0.2) is 0 Å². The van der Waals surface area contributed by atoms with E-state index in [1.165, 1.54) is 45.2 Å².